The number of hydrogen-bond donors (Lipinski definition) is 3. The molecule has 2 aromatic carbocycles. The molecule has 0 aliphatic rings. The minimum atomic E-state index is 0.128. The lowest BCUT2D eigenvalue weighted by Crippen LogP contribution is -1.93. The Hall–Kier alpha value is -3.21. The Bertz CT molecular complexity index is 936. The van der Waals surface area contributed by atoms with Crippen molar-refractivity contribution in [3.63, 3.8) is 0 Å². The summed E-state index contributed by atoms with van der Waals surface area (Å²) in [6.07, 6.45) is 2.84. The van der Waals surface area contributed by atoms with Gasteiger partial charge in [0, 0.05) is 17.2 Å². The van der Waals surface area contributed by atoms with Gasteiger partial charge in [0.15, 0.2) is 0 Å². The van der Waals surface area contributed by atoms with E-state index >= 15 is 0 Å². The Labute approximate surface area is 152 Å². The van der Waals surface area contributed by atoms with Gasteiger partial charge in [0.1, 0.15) is 17.2 Å². The van der Waals surface area contributed by atoms with Crippen LogP contribution in [0.5, 0.6) is 17.2 Å². The van der Waals surface area contributed by atoms with Crippen LogP contribution < -0.4 is 4.74 Å². The fraction of sp³-hybridized carbons (Fsp3) is 0.190. The summed E-state index contributed by atoms with van der Waals surface area (Å²) < 4.78 is 5.40. The second-order valence-electron chi connectivity index (χ2n) is 6.38. The number of aromatic hydroxyl groups is 2. The summed E-state index contributed by atoms with van der Waals surface area (Å²) in [5.41, 5.74) is 5.21. The lowest BCUT2D eigenvalue weighted by Gasteiger charge is -2.11. The summed E-state index contributed by atoms with van der Waals surface area (Å²) in [7, 11) is 1.60. The SMILES string of the molecule is COc1cc(O)c(-c2cc(-c3ccc(O)cc3)n[nH]2)cc1CC=C(C)C. The van der Waals surface area contributed by atoms with Crippen molar-refractivity contribution in [1.29, 1.82) is 0 Å². The Balaban J connectivity index is 1.99. The monoisotopic (exact) mass is 350 g/mol. The first-order valence-electron chi connectivity index (χ1n) is 8.36. The molecule has 1 aromatic heterocycles. The summed E-state index contributed by atoms with van der Waals surface area (Å²) >= 11 is 0. The molecule has 0 amide bonds. The Morgan fingerprint density at radius 2 is 1.85 bits per heavy atom. The molecule has 0 saturated heterocycles. The minimum absolute atomic E-state index is 0.128. The van der Waals surface area contributed by atoms with Gasteiger partial charge in [-0.05, 0) is 62.2 Å². The lowest BCUT2D eigenvalue weighted by molar-refractivity contribution is 0.404. The van der Waals surface area contributed by atoms with E-state index in [2.05, 4.69) is 16.3 Å². The zero-order valence-electron chi connectivity index (χ0n) is 15.1. The van der Waals surface area contributed by atoms with Crippen molar-refractivity contribution >= 4 is 0 Å². The molecule has 3 N–H and O–H groups in total. The number of aromatic amines is 1. The van der Waals surface area contributed by atoms with Crippen molar-refractivity contribution in [2.45, 2.75) is 20.3 Å². The quantitative estimate of drug-likeness (QED) is 0.584. The van der Waals surface area contributed by atoms with Gasteiger partial charge in [-0.1, -0.05) is 11.6 Å². The maximum Gasteiger partial charge on any atom is 0.128 e. The van der Waals surface area contributed by atoms with Gasteiger partial charge in [0.25, 0.3) is 0 Å². The second-order valence-corrected chi connectivity index (χ2v) is 6.38. The van der Waals surface area contributed by atoms with Crippen LogP contribution in [-0.4, -0.2) is 27.5 Å². The highest BCUT2D eigenvalue weighted by atomic mass is 16.5. The predicted octanol–water partition coefficient (Wildman–Crippen LogP) is 4.67. The van der Waals surface area contributed by atoms with Crippen LogP contribution in [0.25, 0.3) is 22.5 Å². The molecule has 0 fully saturated rings. The van der Waals surface area contributed by atoms with Gasteiger partial charge in [0.05, 0.1) is 18.5 Å². The average molecular weight is 350 g/mol. The number of methoxy groups -OCH3 is 1. The molecule has 0 atom stereocenters. The van der Waals surface area contributed by atoms with Gasteiger partial charge in [0.2, 0.25) is 0 Å². The standard InChI is InChI=1S/C21H22N2O3/c1-13(2)4-5-15-10-17(20(25)12-21(15)26-3)19-11-18(22-23-19)14-6-8-16(24)9-7-14/h4,6-12,24-25H,5H2,1-3H3,(H,22,23). The van der Waals surface area contributed by atoms with Crippen LogP contribution >= 0.6 is 0 Å². The maximum absolute atomic E-state index is 10.4. The third-order valence-corrected chi connectivity index (χ3v) is 4.16. The van der Waals surface area contributed by atoms with Crippen LogP contribution in [-0.2, 0) is 6.42 Å². The largest absolute Gasteiger partial charge is 0.508 e. The zero-order chi connectivity index (χ0) is 18.7. The molecule has 0 aliphatic heterocycles. The van der Waals surface area contributed by atoms with Crippen molar-refractivity contribution in [1.82, 2.24) is 10.2 Å². The zero-order valence-corrected chi connectivity index (χ0v) is 15.1. The number of allylic oxidation sites excluding steroid dienone is 2. The molecule has 3 aromatic rings. The van der Waals surface area contributed by atoms with E-state index in [1.54, 1.807) is 37.4 Å². The summed E-state index contributed by atoms with van der Waals surface area (Å²) in [5.74, 6) is 0.993. The molecule has 26 heavy (non-hydrogen) atoms. The highest BCUT2D eigenvalue weighted by molar-refractivity contribution is 5.74. The maximum atomic E-state index is 10.4. The van der Waals surface area contributed by atoms with Gasteiger partial charge in [-0.25, -0.2) is 0 Å². The van der Waals surface area contributed by atoms with Gasteiger partial charge >= 0.3 is 0 Å². The molecular formula is C21H22N2O3. The molecule has 0 aliphatic carbocycles. The number of phenolic OH excluding ortho intramolecular Hbond substituents is 2. The van der Waals surface area contributed by atoms with Crippen molar-refractivity contribution < 1.29 is 14.9 Å². The van der Waals surface area contributed by atoms with Crippen LogP contribution in [0.1, 0.15) is 19.4 Å². The van der Waals surface area contributed by atoms with E-state index < -0.39 is 0 Å². The number of aromatic nitrogens is 2. The van der Waals surface area contributed by atoms with Gasteiger partial charge < -0.3 is 14.9 Å². The highest BCUT2D eigenvalue weighted by Crippen LogP contribution is 2.36. The molecule has 0 bridgehead atoms. The molecule has 134 valence electrons. The molecule has 5 nitrogen and oxygen atoms in total. The smallest absolute Gasteiger partial charge is 0.128 e. The van der Waals surface area contributed by atoms with Crippen molar-refractivity contribution in [2.75, 3.05) is 7.11 Å². The predicted molar refractivity (Wildman–Crippen MR) is 102 cm³/mol. The van der Waals surface area contributed by atoms with Gasteiger partial charge in [-0.3, -0.25) is 5.10 Å². The number of ether oxygens (including phenoxy) is 1. The summed E-state index contributed by atoms with van der Waals surface area (Å²) in [5, 5.41) is 27.1. The van der Waals surface area contributed by atoms with Gasteiger partial charge in [-0.2, -0.15) is 5.10 Å². The first-order chi connectivity index (χ1) is 12.5. The first kappa shape index (κ1) is 17.6. The molecule has 0 radical (unpaired) electrons. The summed E-state index contributed by atoms with van der Waals surface area (Å²) in [6, 6.07) is 12.2. The molecule has 0 saturated carbocycles. The van der Waals surface area contributed by atoms with Crippen LogP contribution in [0.4, 0.5) is 0 Å². The normalized spacial score (nSPS) is 10.6. The fourth-order valence-electron chi connectivity index (χ4n) is 2.73. The number of phenols is 2. The van der Waals surface area contributed by atoms with Crippen molar-refractivity contribution in [3.05, 3.63) is 59.7 Å². The van der Waals surface area contributed by atoms with E-state index in [0.29, 0.717) is 17.0 Å². The van der Waals surface area contributed by atoms with E-state index in [1.165, 1.54) is 5.57 Å². The summed E-state index contributed by atoms with van der Waals surface area (Å²) in [6.45, 7) is 4.10. The van der Waals surface area contributed by atoms with Crippen LogP contribution in [0.2, 0.25) is 0 Å². The number of benzene rings is 2. The van der Waals surface area contributed by atoms with Crippen molar-refractivity contribution in [3.8, 4) is 39.8 Å². The highest BCUT2D eigenvalue weighted by Gasteiger charge is 2.14. The molecular weight excluding hydrogens is 328 g/mol. The minimum Gasteiger partial charge on any atom is -0.508 e. The van der Waals surface area contributed by atoms with Gasteiger partial charge in [-0.15, -0.1) is 0 Å². The van der Waals surface area contributed by atoms with Crippen molar-refractivity contribution in [2.24, 2.45) is 0 Å². The van der Waals surface area contributed by atoms with E-state index in [9.17, 15) is 10.2 Å². The number of H-pyrrole nitrogens is 1. The second kappa shape index (κ2) is 7.35. The lowest BCUT2D eigenvalue weighted by atomic mass is 10.0. The van der Waals surface area contributed by atoms with Crippen LogP contribution in [0.15, 0.2) is 54.1 Å². The topological polar surface area (TPSA) is 78.4 Å². The van der Waals surface area contributed by atoms with Crippen LogP contribution in [0, 0.1) is 0 Å². The molecule has 1 heterocycles. The molecule has 0 unspecified atom stereocenters. The molecule has 3 rings (SSSR count). The summed E-state index contributed by atoms with van der Waals surface area (Å²) in [4.78, 5) is 0. The molecule has 0 spiro atoms. The van der Waals surface area contributed by atoms with E-state index in [-0.39, 0.29) is 11.5 Å². The Morgan fingerprint density at radius 3 is 2.50 bits per heavy atom. The van der Waals surface area contributed by atoms with E-state index in [4.69, 9.17) is 4.74 Å². The third-order valence-electron chi connectivity index (χ3n) is 4.16. The Morgan fingerprint density at radius 1 is 1.12 bits per heavy atom. The Kier molecular flexibility index (Phi) is 4.98. The first-order valence-corrected chi connectivity index (χ1v) is 8.36. The number of nitrogens with zero attached hydrogens (tertiary/aromatic N) is 1. The average Bonchev–Trinajstić information content (AvgIpc) is 3.10. The third kappa shape index (κ3) is 3.72. The van der Waals surface area contributed by atoms with Crippen LogP contribution in [0.3, 0.4) is 0 Å². The van der Waals surface area contributed by atoms with E-state index in [0.717, 1.165) is 23.2 Å². The molecule has 5 heteroatoms. The van der Waals surface area contributed by atoms with E-state index in [1.807, 2.05) is 26.0 Å². The number of nitrogens with one attached hydrogen (secondary N) is 1. The fourth-order valence-corrected chi connectivity index (χ4v) is 2.73. The number of hydrogen-bond acceptors (Lipinski definition) is 4. The number of rotatable bonds is 5.